The molecule has 0 bridgehead atoms. The van der Waals surface area contributed by atoms with E-state index in [1.807, 2.05) is 35.2 Å². The van der Waals surface area contributed by atoms with E-state index < -0.39 is 0 Å². The largest absolute Gasteiger partial charge is 0.496 e. The molecule has 6 nitrogen and oxygen atoms in total. The van der Waals surface area contributed by atoms with Crippen LogP contribution < -0.4 is 15.0 Å². The average Bonchev–Trinajstić information content (AvgIpc) is 2.80. The number of hydrogen-bond donors (Lipinski definition) is 1. The molecule has 1 aliphatic heterocycles. The molecule has 0 aromatic heterocycles. The molecule has 1 heterocycles. The zero-order valence-corrected chi connectivity index (χ0v) is 19.3. The van der Waals surface area contributed by atoms with Crippen LogP contribution in [-0.2, 0) is 6.54 Å². The van der Waals surface area contributed by atoms with Crippen molar-refractivity contribution >= 4 is 23.3 Å². The van der Waals surface area contributed by atoms with Crippen molar-refractivity contribution in [1.29, 1.82) is 0 Å². The third-order valence-electron chi connectivity index (χ3n) is 5.73. The first-order valence-electron chi connectivity index (χ1n) is 11.1. The van der Waals surface area contributed by atoms with Gasteiger partial charge in [0.2, 0.25) is 0 Å². The third kappa shape index (κ3) is 5.17. The molecule has 3 amide bonds. The van der Waals surface area contributed by atoms with Gasteiger partial charge in [-0.1, -0.05) is 47.5 Å². The lowest BCUT2D eigenvalue weighted by Gasteiger charge is -2.36. The van der Waals surface area contributed by atoms with Crippen molar-refractivity contribution in [2.24, 2.45) is 0 Å². The maximum absolute atomic E-state index is 13.3. The first-order chi connectivity index (χ1) is 15.9. The summed E-state index contributed by atoms with van der Waals surface area (Å²) < 4.78 is 5.29. The number of para-hydroxylation sites is 1. The molecule has 3 aromatic carbocycles. The molecule has 1 N–H and O–H groups in total. The van der Waals surface area contributed by atoms with Crippen molar-refractivity contribution in [2.45, 2.75) is 26.8 Å². The summed E-state index contributed by atoms with van der Waals surface area (Å²) in [6, 6.07) is 20.9. The van der Waals surface area contributed by atoms with Crippen molar-refractivity contribution < 1.29 is 14.3 Å². The van der Waals surface area contributed by atoms with E-state index in [9.17, 15) is 9.59 Å². The highest BCUT2D eigenvalue weighted by Gasteiger charge is 2.27. The van der Waals surface area contributed by atoms with Crippen LogP contribution in [0.1, 0.15) is 33.5 Å². The van der Waals surface area contributed by atoms with Crippen molar-refractivity contribution in [2.75, 3.05) is 30.4 Å². The molecule has 1 fully saturated rings. The SMILES string of the molecule is COc1ccccc1C(=O)Nc1cccc(N2CCCN(Cc3cc(C)cc(C)c3)C2=O)c1. The van der Waals surface area contributed by atoms with Crippen LogP contribution in [0, 0.1) is 13.8 Å². The Hall–Kier alpha value is -3.80. The lowest BCUT2D eigenvalue weighted by Crippen LogP contribution is -2.49. The van der Waals surface area contributed by atoms with Crippen molar-refractivity contribution in [1.82, 2.24) is 4.90 Å². The summed E-state index contributed by atoms with van der Waals surface area (Å²) in [5.41, 5.74) is 5.39. The number of ether oxygens (including phenoxy) is 1. The number of amides is 3. The highest BCUT2D eigenvalue weighted by atomic mass is 16.5. The molecule has 1 aliphatic rings. The van der Waals surface area contributed by atoms with Gasteiger partial charge in [0, 0.05) is 31.0 Å². The van der Waals surface area contributed by atoms with Crippen molar-refractivity contribution in [3.05, 3.63) is 89.0 Å². The molecule has 3 aromatic rings. The van der Waals surface area contributed by atoms with Crippen LogP contribution >= 0.6 is 0 Å². The number of benzene rings is 3. The minimum atomic E-state index is -0.258. The highest BCUT2D eigenvalue weighted by molar-refractivity contribution is 6.06. The molecule has 6 heteroatoms. The van der Waals surface area contributed by atoms with E-state index in [4.69, 9.17) is 4.74 Å². The van der Waals surface area contributed by atoms with E-state index in [2.05, 4.69) is 37.4 Å². The summed E-state index contributed by atoms with van der Waals surface area (Å²) in [6.07, 6.45) is 0.883. The zero-order valence-electron chi connectivity index (χ0n) is 19.3. The zero-order chi connectivity index (χ0) is 23.4. The molecule has 0 radical (unpaired) electrons. The summed E-state index contributed by atoms with van der Waals surface area (Å²) >= 11 is 0. The predicted octanol–water partition coefficient (Wildman–Crippen LogP) is 5.40. The average molecular weight is 444 g/mol. The third-order valence-corrected chi connectivity index (χ3v) is 5.73. The Morgan fingerprint density at radius 2 is 1.73 bits per heavy atom. The molecular weight excluding hydrogens is 414 g/mol. The van der Waals surface area contributed by atoms with Crippen LogP contribution in [0.3, 0.4) is 0 Å². The number of anilines is 2. The number of hydrogen-bond acceptors (Lipinski definition) is 3. The fourth-order valence-corrected chi connectivity index (χ4v) is 4.33. The number of aryl methyl sites for hydroxylation is 2. The Morgan fingerprint density at radius 1 is 0.970 bits per heavy atom. The molecule has 0 atom stereocenters. The monoisotopic (exact) mass is 443 g/mol. The van der Waals surface area contributed by atoms with E-state index in [1.165, 1.54) is 11.1 Å². The first kappa shape index (κ1) is 22.4. The van der Waals surface area contributed by atoms with Crippen LogP contribution in [-0.4, -0.2) is 37.0 Å². The van der Waals surface area contributed by atoms with Gasteiger partial charge < -0.3 is 15.0 Å². The molecule has 33 heavy (non-hydrogen) atoms. The molecule has 1 saturated heterocycles. The minimum absolute atomic E-state index is 0.0198. The molecule has 0 saturated carbocycles. The van der Waals surface area contributed by atoms with Crippen LogP contribution in [0.25, 0.3) is 0 Å². The van der Waals surface area contributed by atoms with Crippen LogP contribution in [0.4, 0.5) is 16.2 Å². The van der Waals surface area contributed by atoms with E-state index in [0.29, 0.717) is 30.1 Å². The maximum Gasteiger partial charge on any atom is 0.324 e. The summed E-state index contributed by atoms with van der Waals surface area (Å²) in [5, 5.41) is 2.92. The van der Waals surface area contributed by atoms with E-state index >= 15 is 0 Å². The number of rotatable bonds is 6. The van der Waals surface area contributed by atoms with Crippen molar-refractivity contribution in [3.63, 3.8) is 0 Å². The van der Waals surface area contributed by atoms with Crippen LogP contribution in [0.15, 0.2) is 66.7 Å². The molecule has 4 rings (SSSR count). The number of carbonyl (C=O) groups is 2. The van der Waals surface area contributed by atoms with Gasteiger partial charge in [-0.3, -0.25) is 9.69 Å². The smallest absolute Gasteiger partial charge is 0.324 e. The summed E-state index contributed by atoms with van der Waals surface area (Å²) in [5.74, 6) is 0.255. The van der Waals surface area contributed by atoms with E-state index in [-0.39, 0.29) is 11.9 Å². The summed E-state index contributed by atoms with van der Waals surface area (Å²) in [7, 11) is 1.54. The minimum Gasteiger partial charge on any atom is -0.496 e. The first-order valence-corrected chi connectivity index (χ1v) is 11.1. The number of methoxy groups -OCH3 is 1. The summed E-state index contributed by atoms with van der Waals surface area (Å²) in [6.45, 7) is 6.11. The fraction of sp³-hybridized carbons (Fsp3) is 0.259. The Balaban J connectivity index is 1.50. The Labute approximate surface area is 194 Å². The lowest BCUT2D eigenvalue weighted by molar-refractivity contribution is 0.102. The van der Waals surface area contributed by atoms with Gasteiger partial charge >= 0.3 is 6.03 Å². The number of nitrogens with zero attached hydrogens (tertiary/aromatic N) is 2. The van der Waals surface area contributed by atoms with E-state index in [0.717, 1.165) is 24.2 Å². The Bertz CT molecular complexity index is 1150. The van der Waals surface area contributed by atoms with Gasteiger partial charge in [0.1, 0.15) is 5.75 Å². The second-order valence-corrected chi connectivity index (χ2v) is 8.41. The van der Waals surface area contributed by atoms with Gasteiger partial charge in [-0.2, -0.15) is 0 Å². The lowest BCUT2D eigenvalue weighted by atomic mass is 10.1. The maximum atomic E-state index is 13.3. The van der Waals surface area contributed by atoms with Crippen LogP contribution in [0.2, 0.25) is 0 Å². The number of nitrogens with one attached hydrogen (secondary N) is 1. The predicted molar refractivity (Wildman–Crippen MR) is 131 cm³/mol. The van der Waals surface area contributed by atoms with Gasteiger partial charge in [-0.15, -0.1) is 0 Å². The van der Waals surface area contributed by atoms with Gasteiger partial charge in [0.05, 0.1) is 12.7 Å². The highest BCUT2D eigenvalue weighted by Crippen LogP contribution is 2.26. The molecule has 0 aliphatic carbocycles. The number of carbonyl (C=O) groups excluding carboxylic acids is 2. The Kier molecular flexibility index (Phi) is 6.63. The topological polar surface area (TPSA) is 61.9 Å². The quantitative estimate of drug-likeness (QED) is 0.555. The molecule has 0 unspecified atom stereocenters. The van der Waals surface area contributed by atoms with Crippen LogP contribution in [0.5, 0.6) is 5.75 Å². The molecule has 170 valence electrons. The normalized spacial score (nSPS) is 13.7. The second kappa shape index (κ2) is 9.77. The number of urea groups is 1. The molecular formula is C27H29N3O3. The standard InChI is InChI=1S/C27H29N3O3/c1-19-14-20(2)16-21(15-19)18-29-12-7-13-30(27(29)32)23-9-6-8-22(17-23)28-26(31)24-10-4-5-11-25(24)33-3/h4-6,8-11,14-17H,7,12-13,18H2,1-3H3,(H,28,31). The van der Waals surface area contributed by atoms with Gasteiger partial charge in [-0.05, 0) is 56.2 Å². The van der Waals surface area contributed by atoms with Gasteiger partial charge in [0.15, 0.2) is 0 Å². The fourth-order valence-electron chi connectivity index (χ4n) is 4.33. The Morgan fingerprint density at radius 3 is 2.48 bits per heavy atom. The van der Waals surface area contributed by atoms with Gasteiger partial charge in [0.25, 0.3) is 5.91 Å². The second-order valence-electron chi connectivity index (χ2n) is 8.41. The van der Waals surface area contributed by atoms with Gasteiger partial charge in [-0.25, -0.2) is 4.79 Å². The molecule has 0 spiro atoms. The van der Waals surface area contributed by atoms with Crippen molar-refractivity contribution in [3.8, 4) is 5.75 Å². The van der Waals surface area contributed by atoms with E-state index in [1.54, 1.807) is 30.2 Å². The summed E-state index contributed by atoms with van der Waals surface area (Å²) in [4.78, 5) is 29.7.